The molecular weight excluding hydrogens is 542 g/mol. The molecule has 4 N–H and O–H groups in total. The number of ether oxygens (including phenoxy) is 2. The zero-order chi connectivity index (χ0) is 30.5. The molecule has 3 aromatic rings. The molecule has 0 unspecified atom stereocenters. The molecule has 4 amide bonds. The molecule has 0 spiro atoms. The number of amides is 4. The summed E-state index contributed by atoms with van der Waals surface area (Å²) in [4.78, 5) is 48.8. The molecule has 0 saturated heterocycles. The van der Waals surface area contributed by atoms with E-state index in [1.807, 2.05) is 0 Å². The van der Waals surface area contributed by atoms with E-state index in [9.17, 15) is 28.0 Å². The van der Waals surface area contributed by atoms with Gasteiger partial charge in [-0.05, 0) is 90.1 Å². The summed E-state index contributed by atoms with van der Waals surface area (Å²) >= 11 is 0. The van der Waals surface area contributed by atoms with Gasteiger partial charge in [0.05, 0.1) is 11.4 Å². The van der Waals surface area contributed by atoms with Crippen molar-refractivity contribution in [2.24, 2.45) is 0 Å². The van der Waals surface area contributed by atoms with Gasteiger partial charge in [-0.2, -0.15) is 0 Å². The first-order chi connectivity index (χ1) is 19.0. The van der Waals surface area contributed by atoms with E-state index in [2.05, 4.69) is 21.3 Å². The summed E-state index contributed by atoms with van der Waals surface area (Å²) < 4.78 is 44.3. The molecule has 218 valence electrons. The number of carbonyl (C=O) groups excluding carboxylic acids is 4. The second-order valence-corrected chi connectivity index (χ2v) is 10.7. The van der Waals surface area contributed by atoms with Crippen LogP contribution >= 0.6 is 0 Å². The Morgan fingerprint density at radius 1 is 0.610 bits per heavy atom. The summed E-state index contributed by atoms with van der Waals surface area (Å²) in [5.74, 6) is -3.72. The third-order valence-corrected chi connectivity index (χ3v) is 4.78. The van der Waals surface area contributed by atoms with Crippen molar-refractivity contribution in [2.75, 3.05) is 21.3 Å². The average molecular weight is 573 g/mol. The lowest BCUT2D eigenvalue weighted by molar-refractivity contribution is 0.0624. The standard InChI is InChI=1S/C28H30F2N4O7/c1-27(2,3)40-25(37)33-19-9-7-15(13-17(19)29)31-23(35)21-11-12-22(39-21)24(36)32-16-8-10-20(18(30)14-16)34-26(38)41-28(4,5)6/h7-14H,1-6H3,(H,31,35)(H,32,36)(H,33,37)(H,34,38). The number of anilines is 4. The number of nitrogens with one attached hydrogen (secondary N) is 4. The van der Waals surface area contributed by atoms with E-state index in [4.69, 9.17) is 13.9 Å². The lowest BCUT2D eigenvalue weighted by Crippen LogP contribution is -2.27. The average Bonchev–Trinajstić information content (AvgIpc) is 3.31. The molecule has 0 aliphatic heterocycles. The van der Waals surface area contributed by atoms with Gasteiger partial charge >= 0.3 is 12.2 Å². The molecule has 1 aromatic heterocycles. The maximum atomic E-state index is 14.4. The Morgan fingerprint density at radius 3 is 1.29 bits per heavy atom. The van der Waals surface area contributed by atoms with Crippen molar-refractivity contribution in [3.05, 3.63) is 71.7 Å². The lowest BCUT2D eigenvalue weighted by Gasteiger charge is -2.19. The first kappa shape index (κ1) is 30.6. The topological polar surface area (TPSA) is 148 Å². The number of hydrogen-bond acceptors (Lipinski definition) is 7. The number of furan rings is 1. The third kappa shape index (κ3) is 9.34. The van der Waals surface area contributed by atoms with Crippen LogP contribution in [0.4, 0.5) is 41.1 Å². The number of halogens is 2. The predicted molar refractivity (Wildman–Crippen MR) is 147 cm³/mol. The van der Waals surface area contributed by atoms with Crippen LogP contribution in [-0.4, -0.2) is 35.2 Å². The van der Waals surface area contributed by atoms with Gasteiger partial charge < -0.3 is 24.5 Å². The van der Waals surface area contributed by atoms with Crippen LogP contribution in [0.15, 0.2) is 52.9 Å². The van der Waals surface area contributed by atoms with Crippen LogP contribution in [0, 0.1) is 11.6 Å². The predicted octanol–water partition coefficient (Wildman–Crippen LogP) is 6.76. The van der Waals surface area contributed by atoms with Gasteiger partial charge in [0.2, 0.25) is 0 Å². The van der Waals surface area contributed by atoms with Crippen LogP contribution in [0.1, 0.15) is 62.7 Å². The molecule has 11 nitrogen and oxygen atoms in total. The first-order valence-electron chi connectivity index (χ1n) is 12.3. The third-order valence-electron chi connectivity index (χ3n) is 4.78. The zero-order valence-electron chi connectivity index (χ0n) is 23.2. The van der Waals surface area contributed by atoms with Gasteiger partial charge in [-0.15, -0.1) is 0 Å². The Hall–Kier alpha value is -4.94. The molecule has 3 rings (SSSR count). The number of carbonyl (C=O) groups is 4. The van der Waals surface area contributed by atoms with Crippen LogP contribution in [-0.2, 0) is 9.47 Å². The zero-order valence-corrected chi connectivity index (χ0v) is 23.2. The monoisotopic (exact) mass is 572 g/mol. The van der Waals surface area contributed by atoms with Crippen molar-refractivity contribution < 1.29 is 41.8 Å². The molecule has 1 heterocycles. The van der Waals surface area contributed by atoms with Crippen molar-refractivity contribution in [1.82, 2.24) is 0 Å². The second-order valence-electron chi connectivity index (χ2n) is 10.7. The van der Waals surface area contributed by atoms with Gasteiger partial charge in [0.1, 0.15) is 22.8 Å². The molecule has 0 aliphatic rings. The van der Waals surface area contributed by atoms with Crippen molar-refractivity contribution in [3.8, 4) is 0 Å². The second kappa shape index (κ2) is 12.1. The molecule has 2 aromatic carbocycles. The van der Waals surface area contributed by atoms with E-state index in [0.717, 1.165) is 12.1 Å². The van der Waals surface area contributed by atoms with Crippen molar-refractivity contribution in [2.45, 2.75) is 52.7 Å². The minimum Gasteiger partial charge on any atom is -0.446 e. The van der Waals surface area contributed by atoms with E-state index in [-0.39, 0.29) is 34.3 Å². The summed E-state index contributed by atoms with van der Waals surface area (Å²) in [5, 5.41) is 9.40. The molecule has 0 aliphatic carbocycles. The summed E-state index contributed by atoms with van der Waals surface area (Å²) in [6.07, 6.45) is -1.68. The minimum atomic E-state index is -0.842. The summed E-state index contributed by atoms with van der Waals surface area (Å²) in [5.41, 5.74) is -1.73. The van der Waals surface area contributed by atoms with Crippen LogP contribution in [0.25, 0.3) is 0 Å². The molecular formula is C28H30F2N4O7. The maximum Gasteiger partial charge on any atom is 0.412 e. The number of hydrogen-bond donors (Lipinski definition) is 4. The summed E-state index contributed by atoms with van der Waals surface area (Å²) in [6.45, 7) is 9.98. The molecule has 0 saturated carbocycles. The van der Waals surface area contributed by atoms with Gasteiger partial charge in [0.15, 0.2) is 11.5 Å². The quantitative estimate of drug-likeness (QED) is 0.255. The fraction of sp³-hybridized carbons (Fsp3) is 0.286. The highest BCUT2D eigenvalue weighted by Crippen LogP contribution is 2.23. The first-order valence-corrected chi connectivity index (χ1v) is 12.3. The van der Waals surface area contributed by atoms with E-state index < -0.39 is 46.8 Å². The van der Waals surface area contributed by atoms with E-state index in [1.54, 1.807) is 41.5 Å². The normalized spacial score (nSPS) is 11.3. The van der Waals surface area contributed by atoms with Crippen LogP contribution in [0.2, 0.25) is 0 Å². The van der Waals surface area contributed by atoms with Crippen LogP contribution in [0.5, 0.6) is 0 Å². The molecule has 0 atom stereocenters. The molecule has 41 heavy (non-hydrogen) atoms. The molecule has 0 radical (unpaired) electrons. The Kier molecular flexibility index (Phi) is 9.00. The Morgan fingerprint density at radius 2 is 0.976 bits per heavy atom. The largest absolute Gasteiger partial charge is 0.446 e. The molecule has 13 heteroatoms. The number of rotatable bonds is 6. The van der Waals surface area contributed by atoms with Gasteiger partial charge in [-0.1, -0.05) is 0 Å². The fourth-order valence-corrected chi connectivity index (χ4v) is 3.18. The van der Waals surface area contributed by atoms with Gasteiger partial charge in [0.25, 0.3) is 11.8 Å². The maximum absolute atomic E-state index is 14.4. The van der Waals surface area contributed by atoms with Crippen molar-refractivity contribution >= 4 is 46.8 Å². The minimum absolute atomic E-state index is 0.0557. The van der Waals surface area contributed by atoms with Crippen molar-refractivity contribution in [3.63, 3.8) is 0 Å². The van der Waals surface area contributed by atoms with Crippen LogP contribution < -0.4 is 21.3 Å². The highest BCUT2D eigenvalue weighted by atomic mass is 19.1. The Balaban J connectivity index is 1.59. The highest BCUT2D eigenvalue weighted by molar-refractivity contribution is 6.06. The van der Waals surface area contributed by atoms with E-state index in [1.165, 1.54) is 36.4 Å². The molecule has 0 bridgehead atoms. The SMILES string of the molecule is CC(C)(C)OC(=O)Nc1ccc(NC(=O)c2ccc(C(=O)Nc3ccc(NC(=O)OC(C)(C)C)c(F)c3)o2)cc1F. The Bertz CT molecular complexity index is 1360. The fourth-order valence-electron chi connectivity index (χ4n) is 3.18. The van der Waals surface area contributed by atoms with Gasteiger partial charge in [-0.25, -0.2) is 18.4 Å². The van der Waals surface area contributed by atoms with Gasteiger partial charge in [-0.3, -0.25) is 20.2 Å². The van der Waals surface area contributed by atoms with E-state index in [0.29, 0.717) is 0 Å². The van der Waals surface area contributed by atoms with Gasteiger partial charge in [0, 0.05) is 11.4 Å². The number of benzene rings is 2. The smallest absolute Gasteiger partial charge is 0.412 e. The summed E-state index contributed by atoms with van der Waals surface area (Å²) in [6, 6.07) is 9.60. The van der Waals surface area contributed by atoms with Crippen LogP contribution in [0.3, 0.4) is 0 Å². The molecule has 0 fully saturated rings. The highest BCUT2D eigenvalue weighted by Gasteiger charge is 2.20. The lowest BCUT2D eigenvalue weighted by atomic mass is 10.2. The summed E-state index contributed by atoms with van der Waals surface area (Å²) in [7, 11) is 0. The van der Waals surface area contributed by atoms with Crippen molar-refractivity contribution in [1.29, 1.82) is 0 Å². The van der Waals surface area contributed by atoms with E-state index >= 15 is 0 Å². The Labute approximate surface area is 234 Å².